The Kier molecular flexibility index (Phi) is 4.69. The Hall–Kier alpha value is -1.51. The van der Waals surface area contributed by atoms with Gasteiger partial charge in [-0.15, -0.1) is 12.4 Å². The molecule has 6 heteroatoms. The van der Waals surface area contributed by atoms with Gasteiger partial charge in [-0.3, -0.25) is 4.79 Å². The van der Waals surface area contributed by atoms with Gasteiger partial charge in [0, 0.05) is 19.0 Å². The fraction of sp³-hybridized carbons (Fsp3) is 0.571. The topological polar surface area (TPSA) is 69.3 Å². The lowest BCUT2D eigenvalue weighted by molar-refractivity contribution is -0.133. The van der Waals surface area contributed by atoms with E-state index in [2.05, 4.69) is 11.4 Å². The first-order valence-corrected chi connectivity index (χ1v) is 6.75. The summed E-state index contributed by atoms with van der Waals surface area (Å²) in [6.07, 6.45) is 5.93. The van der Waals surface area contributed by atoms with Gasteiger partial charge >= 0.3 is 0 Å². The Balaban J connectivity index is 0.00000147. The molecule has 0 bridgehead atoms. The van der Waals surface area contributed by atoms with E-state index in [1.807, 2.05) is 6.07 Å². The van der Waals surface area contributed by atoms with Crippen LogP contribution >= 0.6 is 12.4 Å². The number of rotatable bonds is 2. The summed E-state index contributed by atoms with van der Waals surface area (Å²) in [4.78, 5) is 14.2. The Morgan fingerprint density at radius 2 is 2.40 bits per heavy atom. The summed E-state index contributed by atoms with van der Waals surface area (Å²) in [5.41, 5.74) is 1.14. The van der Waals surface area contributed by atoms with Crippen LogP contribution in [0.3, 0.4) is 0 Å². The highest BCUT2D eigenvalue weighted by atomic mass is 35.5. The van der Waals surface area contributed by atoms with Gasteiger partial charge in [0.15, 0.2) is 0 Å². The summed E-state index contributed by atoms with van der Waals surface area (Å²) in [6, 6.07) is 3.78. The molecular weight excluding hydrogens is 278 g/mol. The molecule has 2 aliphatic rings. The lowest BCUT2D eigenvalue weighted by Crippen LogP contribution is -2.45. The zero-order chi connectivity index (χ0) is 13.2. The average molecular weight is 296 g/mol. The summed E-state index contributed by atoms with van der Waals surface area (Å²) in [7, 11) is 0. The van der Waals surface area contributed by atoms with Crippen LogP contribution in [0.25, 0.3) is 0 Å². The van der Waals surface area contributed by atoms with Crippen molar-refractivity contribution in [2.45, 2.75) is 37.3 Å². The minimum atomic E-state index is -0.234. The molecule has 3 atom stereocenters. The quantitative estimate of drug-likeness (QED) is 0.901. The predicted molar refractivity (Wildman–Crippen MR) is 75.5 cm³/mol. The molecule has 0 aromatic carbocycles. The molecule has 2 fully saturated rings. The first-order valence-electron chi connectivity index (χ1n) is 6.75. The van der Waals surface area contributed by atoms with Gasteiger partial charge in [-0.05, 0) is 30.9 Å². The fourth-order valence-corrected chi connectivity index (χ4v) is 3.05. The summed E-state index contributed by atoms with van der Waals surface area (Å²) in [5, 5.41) is 12.3. The molecule has 0 spiro atoms. The van der Waals surface area contributed by atoms with Crippen molar-refractivity contribution in [2.24, 2.45) is 0 Å². The second-order valence-electron chi connectivity index (χ2n) is 5.27. The van der Waals surface area contributed by atoms with Crippen LogP contribution in [-0.4, -0.2) is 36.0 Å². The lowest BCUT2D eigenvalue weighted by atomic mass is 9.98. The highest BCUT2D eigenvalue weighted by Gasteiger charge is 2.37. The number of carbonyl (C=O) groups is 1. The van der Waals surface area contributed by atoms with Crippen molar-refractivity contribution in [1.29, 1.82) is 5.26 Å². The molecule has 1 amide bonds. The Morgan fingerprint density at radius 3 is 3.10 bits per heavy atom. The minimum absolute atomic E-state index is 0. The molecule has 0 saturated carbocycles. The van der Waals surface area contributed by atoms with E-state index in [9.17, 15) is 4.79 Å². The van der Waals surface area contributed by atoms with Crippen LogP contribution in [-0.2, 0) is 4.79 Å². The molecule has 0 unspecified atom stereocenters. The van der Waals surface area contributed by atoms with Crippen LogP contribution in [0.1, 0.15) is 30.7 Å². The van der Waals surface area contributed by atoms with E-state index in [0.29, 0.717) is 12.5 Å². The second-order valence-corrected chi connectivity index (χ2v) is 5.27. The summed E-state index contributed by atoms with van der Waals surface area (Å²) < 4.78 is 5.09. The first kappa shape index (κ1) is 14.9. The number of hydrogen-bond acceptors (Lipinski definition) is 4. The number of nitrogens with one attached hydrogen (secondary N) is 1. The van der Waals surface area contributed by atoms with Gasteiger partial charge in [-0.1, -0.05) is 0 Å². The maximum Gasteiger partial charge on any atom is 0.240 e. The Morgan fingerprint density at radius 1 is 1.55 bits per heavy atom. The van der Waals surface area contributed by atoms with Crippen LogP contribution in [0.2, 0.25) is 0 Å². The van der Waals surface area contributed by atoms with Crippen molar-refractivity contribution < 1.29 is 9.21 Å². The minimum Gasteiger partial charge on any atom is -0.472 e. The summed E-state index contributed by atoms with van der Waals surface area (Å²) in [5.74, 6) is 0.408. The van der Waals surface area contributed by atoms with Crippen LogP contribution in [0, 0.1) is 11.3 Å². The maximum absolute atomic E-state index is 12.4. The van der Waals surface area contributed by atoms with Crippen LogP contribution in [0.5, 0.6) is 0 Å². The van der Waals surface area contributed by atoms with Crippen LogP contribution < -0.4 is 5.32 Å². The zero-order valence-corrected chi connectivity index (χ0v) is 11.9. The van der Waals surface area contributed by atoms with E-state index in [-0.39, 0.29) is 30.4 Å². The zero-order valence-electron chi connectivity index (χ0n) is 11.1. The molecule has 3 rings (SSSR count). The Labute approximate surface area is 124 Å². The van der Waals surface area contributed by atoms with Crippen LogP contribution in [0.15, 0.2) is 23.0 Å². The van der Waals surface area contributed by atoms with Crippen molar-refractivity contribution in [3.05, 3.63) is 24.2 Å². The molecule has 1 aromatic heterocycles. The third kappa shape index (κ3) is 2.67. The number of furan rings is 1. The monoisotopic (exact) mass is 295 g/mol. The maximum atomic E-state index is 12.4. The van der Waals surface area contributed by atoms with Crippen LogP contribution in [0.4, 0.5) is 0 Å². The normalized spacial score (nSPS) is 28.9. The number of likely N-dealkylation sites (tertiary alicyclic amines) is 1. The standard InChI is InChI=1S/C14H17N3O2.ClH/c15-7-12-2-1-4-17(12)14(18)13-6-11(8-16-13)10-3-5-19-9-10;/h3,5,9,11-13,16H,1-2,4,6,8H2;1H/t11-,12-,13-;/m0./s1. The average Bonchev–Trinajstić information content (AvgIpc) is 3.16. The molecule has 1 aromatic rings. The smallest absolute Gasteiger partial charge is 0.240 e. The number of carbonyl (C=O) groups excluding carboxylic acids is 1. The molecule has 3 heterocycles. The van der Waals surface area contributed by atoms with E-state index in [0.717, 1.165) is 31.4 Å². The fourth-order valence-electron chi connectivity index (χ4n) is 3.05. The largest absolute Gasteiger partial charge is 0.472 e. The van der Waals surface area contributed by atoms with E-state index >= 15 is 0 Å². The summed E-state index contributed by atoms with van der Waals surface area (Å²) in [6.45, 7) is 1.51. The van der Waals surface area contributed by atoms with E-state index in [4.69, 9.17) is 9.68 Å². The summed E-state index contributed by atoms with van der Waals surface area (Å²) >= 11 is 0. The highest BCUT2D eigenvalue weighted by molar-refractivity contribution is 5.85. The molecule has 5 nitrogen and oxygen atoms in total. The number of nitrogens with zero attached hydrogens (tertiary/aromatic N) is 2. The van der Waals surface area contributed by atoms with Crippen molar-refractivity contribution >= 4 is 18.3 Å². The van der Waals surface area contributed by atoms with Gasteiger partial charge < -0.3 is 14.6 Å². The van der Waals surface area contributed by atoms with Crippen molar-refractivity contribution in [2.75, 3.05) is 13.1 Å². The molecule has 2 saturated heterocycles. The van der Waals surface area contributed by atoms with Crippen molar-refractivity contribution in [3.63, 3.8) is 0 Å². The SMILES string of the molecule is Cl.N#C[C@@H]1CCCN1C(=O)[C@@H]1C[C@H](c2ccoc2)CN1. The van der Waals surface area contributed by atoms with E-state index < -0.39 is 0 Å². The molecule has 20 heavy (non-hydrogen) atoms. The second kappa shape index (κ2) is 6.29. The molecular formula is C14H18ClN3O2. The molecule has 1 N–H and O–H groups in total. The van der Waals surface area contributed by atoms with Gasteiger partial charge in [0.25, 0.3) is 0 Å². The Bertz CT molecular complexity index is 497. The van der Waals surface area contributed by atoms with Crippen molar-refractivity contribution in [3.8, 4) is 6.07 Å². The van der Waals surface area contributed by atoms with Gasteiger partial charge in [0.1, 0.15) is 6.04 Å². The van der Waals surface area contributed by atoms with Gasteiger partial charge in [-0.25, -0.2) is 0 Å². The molecule has 2 aliphatic heterocycles. The molecule has 108 valence electrons. The van der Waals surface area contributed by atoms with Gasteiger partial charge in [0.2, 0.25) is 5.91 Å². The van der Waals surface area contributed by atoms with E-state index in [1.54, 1.807) is 17.4 Å². The van der Waals surface area contributed by atoms with Crippen molar-refractivity contribution in [1.82, 2.24) is 10.2 Å². The van der Waals surface area contributed by atoms with E-state index in [1.165, 1.54) is 0 Å². The third-order valence-electron chi connectivity index (χ3n) is 4.13. The molecule has 0 radical (unpaired) electrons. The van der Waals surface area contributed by atoms with Gasteiger partial charge in [-0.2, -0.15) is 5.26 Å². The highest BCUT2D eigenvalue weighted by Crippen LogP contribution is 2.28. The number of hydrogen-bond donors (Lipinski definition) is 1. The number of nitriles is 1. The lowest BCUT2D eigenvalue weighted by Gasteiger charge is -2.23. The molecule has 0 aliphatic carbocycles. The van der Waals surface area contributed by atoms with Gasteiger partial charge in [0.05, 0.1) is 24.6 Å². The first-order chi connectivity index (χ1) is 9.29. The number of halogens is 1. The third-order valence-corrected chi connectivity index (χ3v) is 4.13. The predicted octanol–water partition coefficient (Wildman–Crippen LogP) is 1.66. The number of amides is 1.